The quantitative estimate of drug-likeness (QED) is 0.822. The van der Waals surface area contributed by atoms with Crippen molar-refractivity contribution in [2.24, 2.45) is 0 Å². The number of carbonyl (C=O) groups is 2. The molecule has 7 heteroatoms. The van der Waals surface area contributed by atoms with E-state index in [1.54, 1.807) is 0 Å². The highest BCUT2D eigenvalue weighted by Gasteiger charge is 2.14. The van der Waals surface area contributed by atoms with E-state index in [4.69, 9.17) is 5.11 Å². The van der Waals surface area contributed by atoms with E-state index in [9.17, 15) is 18.2 Å². The van der Waals surface area contributed by atoms with Crippen molar-refractivity contribution in [3.63, 3.8) is 0 Å². The van der Waals surface area contributed by atoms with Gasteiger partial charge in [-0.1, -0.05) is 0 Å². The number of nitrogens with one attached hydrogen (secondary N) is 1. The van der Waals surface area contributed by atoms with Crippen LogP contribution in [-0.4, -0.2) is 34.0 Å². The van der Waals surface area contributed by atoms with Crippen molar-refractivity contribution in [1.82, 2.24) is 5.32 Å². The molecule has 1 rings (SSSR count). The number of halogens is 1. The summed E-state index contributed by atoms with van der Waals surface area (Å²) in [7, 11) is -0.163. The maximum atomic E-state index is 13.5. The minimum absolute atomic E-state index is 0.105. The van der Waals surface area contributed by atoms with E-state index in [1.807, 2.05) is 0 Å². The average molecular weight is 287 g/mol. The second kappa shape index (κ2) is 6.98. The van der Waals surface area contributed by atoms with Gasteiger partial charge in [-0.3, -0.25) is 9.00 Å². The number of aromatic carboxylic acids is 1. The Balaban J connectivity index is 2.73. The molecular weight excluding hydrogens is 273 g/mol. The predicted octanol–water partition coefficient (Wildman–Crippen LogP) is 1.16. The molecule has 1 aromatic rings. The maximum absolute atomic E-state index is 13.5. The Morgan fingerprint density at radius 1 is 1.42 bits per heavy atom. The summed E-state index contributed by atoms with van der Waals surface area (Å²) in [4.78, 5) is 21.6. The van der Waals surface area contributed by atoms with E-state index in [2.05, 4.69) is 5.32 Å². The number of benzene rings is 1. The molecule has 1 atom stereocenters. The highest BCUT2D eigenvalue weighted by Crippen LogP contribution is 2.16. The van der Waals surface area contributed by atoms with Gasteiger partial charge < -0.3 is 10.4 Å². The van der Waals surface area contributed by atoms with Gasteiger partial charge in [0, 0.05) is 19.2 Å². The first-order valence-electron chi connectivity index (χ1n) is 5.57. The van der Waals surface area contributed by atoms with Crippen LogP contribution in [0.4, 0.5) is 4.39 Å². The van der Waals surface area contributed by atoms with Gasteiger partial charge in [0.15, 0.2) is 0 Å². The van der Waals surface area contributed by atoms with Crippen LogP contribution in [0.25, 0.3) is 0 Å². The number of hydrogen-bond acceptors (Lipinski definition) is 3. The number of amides is 1. The summed E-state index contributed by atoms with van der Waals surface area (Å²) in [6.07, 6.45) is 0.533. The summed E-state index contributed by atoms with van der Waals surface area (Å²) in [6.45, 7) is 0. The zero-order chi connectivity index (χ0) is 14.4. The van der Waals surface area contributed by atoms with Gasteiger partial charge >= 0.3 is 5.97 Å². The third-order valence-electron chi connectivity index (χ3n) is 2.44. The Labute approximate surface area is 112 Å². The Morgan fingerprint density at radius 2 is 2.11 bits per heavy atom. The van der Waals surface area contributed by atoms with Crippen LogP contribution in [0.2, 0.25) is 0 Å². The number of carboxylic acids is 1. The summed E-state index contributed by atoms with van der Waals surface area (Å²) < 4.78 is 25.3. The van der Waals surface area contributed by atoms with Crippen molar-refractivity contribution in [3.8, 4) is 0 Å². The molecule has 0 heterocycles. The standard InChI is InChI=1S/C12H14FNO4S/c1-14-11(15)3-2-6-19(18)10-7-8(12(16)17)4-5-9(10)13/h4-5,7H,2-3,6H2,1H3,(H,14,15)(H,16,17). The zero-order valence-corrected chi connectivity index (χ0v) is 11.1. The van der Waals surface area contributed by atoms with Gasteiger partial charge in [-0.2, -0.15) is 0 Å². The second-order valence-corrected chi connectivity index (χ2v) is 5.32. The summed E-state index contributed by atoms with van der Waals surface area (Å²) in [5, 5.41) is 11.2. The van der Waals surface area contributed by atoms with E-state index >= 15 is 0 Å². The number of carboxylic acid groups (broad SMARTS) is 1. The van der Waals surface area contributed by atoms with Gasteiger partial charge in [0.1, 0.15) is 5.82 Å². The summed E-state index contributed by atoms with van der Waals surface area (Å²) in [6, 6.07) is 3.16. The summed E-state index contributed by atoms with van der Waals surface area (Å²) >= 11 is 0. The van der Waals surface area contributed by atoms with Gasteiger partial charge in [0.25, 0.3) is 0 Å². The van der Waals surface area contributed by atoms with E-state index in [-0.39, 0.29) is 28.5 Å². The van der Waals surface area contributed by atoms with Crippen LogP contribution >= 0.6 is 0 Å². The average Bonchev–Trinajstić information content (AvgIpc) is 2.38. The van der Waals surface area contributed by atoms with Gasteiger partial charge in [0.2, 0.25) is 5.91 Å². The highest BCUT2D eigenvalue weighted by atomic mass is 32.2. The molecular formula is C12H14FNO4S. The molecule has 19 heavy (non-hydrogen) atoms. The van der Waals surface area contributed by atoms with Gasteiger partial charge in [-0.25, -0.2) is 9.18 Å². The van der Waals surface area contributed by atoms with Crippen molar-refractivity contribution in [3.05, 3.63) is 29.6 Å². The van der Waals surface area contributed by atoms with E-state index < -0.39 is 22.6 Å². The van der Waals surface area contributed by atoms with Gasteiger partial charge in [-0.15, -0.1) is 0 Å². The Kier molecular flexibility index (Phi) is 5.62. The van der Waals surface area contributed by atoms with E-state index in [0.717, 1.165) is 18.2 Å². The molecule has 0 aliphatic carbocycles. The minimum atomic E-state index is -1.66. The van der Waals surface area contributed by atoms with Crippen LogP contribution in [0.1, 0.15) is 23.2 Å². The van der Waals surface area contributed by atoms with Crippen molar-refractivity contribution in [2.75, 3.05) is 12.8 Å². The lowest BCUT2D eigenvalue weighted by molar-refractivity contribution is -0.120. The summed E-state index contributed by atoms with van der Waals surface area (Å²) in [5.74, 6) is -1.99. The third kappa shape index (κ3) is 4.44. The molecule has 1 aromatic carbocycles. The fraction of sp³-hybridized carbons (Fsp3) is 0.333. The van der Waals surface area contributed by atoms with E-state index in [1.165, 1.54) is 7.05 Å². The third-order valence-corrected chi connectivity index (χ3v) is 3.90. The molecule has 1 unspecified atom stereocenters. The normalized spacial score (nSPS) is 11.9. The van der Waals surface area contributed by atoms with Crippen molar-refractivity contribution in [2.45, 2.75) is 17.7 Å². The van der Waals surface area contributed by atoms with Crippen LogP contribution in [0.15, 0.2) is 23.1 Å². The van der Waals surface area contributed by atoms with Gasteiger partial charge in [-0.05, 0) is 24.6 Å². The number of rotatable bonds is 6. The molecule has 0 spiro atoms. The molecule has 5 nitrogen and oxygen atoms in total. The predicted molar refractivity (Wildman–Crippen MR) is 67.9 cm³/mol. The fourth-order valence-electron chi connectivity index (χ4n) is 1.41. The molecule has 0 bridgehead atoms. The monoisotopic (exact) mass is 287 g/mol. The lowest BCUT2D eigenvalue weighted by atomic mass is 10.2. The van der Waals surface area contributed by atoms with Crippen molar-refractivity contribution < 1.29 is 23.3 Å². The molecule has 0 aliphatic rings. The Hall–Kier alpha value is -1.76. The van der Waals surface area contributed by atoms with Gasteiger partial charge in [0.05, 0.1) is 21.3 Å². The van der Waals surface area contributed by atoms with Crippen molar-refractivity contribution >= 4 is 22.7 Å². The molecule has 2 N–H and O–H groups in total. The lowest BCUT2D eigenvalue weighted by Crippen LogP contribution is -2.18. The van der Waals surface area contributed by atoms with Crippen LogP contribution < -0.4 is 5.32 Å². The first-order chi connectivity index (χ1) is 8.95. The zero-order valence-electron chi connectivity index (χ0n) is 10.3. The highest BCUT2D eigenvalue weighted by molar-refractivity contribution is 7.85. The van der Waals surface area contributed by atoms with Crippen LogP contribution in [-0.2, 0) is 15.6 Å². The Bertz CT molecular complexity index is 518. The molecule has 0 radical (unpaired) electrons. The maximum Gasteiger partial charge on any atom is 0.335 e. The molecule has 1 amide bonds. The van der Waals surface area contributed by atoms with E-state index in [0.29, 0.717) is 6.42 Å². The van der Waals surface area contributed by atoms with Crippen molar-refractivity contribution in [1.29, 1.82) is 0 Å². The fourth-order valence-corrected chi connectivity index (χ4v) is 2.58. The topological polar surface area (TPSA) is 83.5 Å². The molecule has 0 aromatic heterocycles. The van der Waals surface area contributed by atoms with Crippen LogP contribution in [0, 0.1) is 5.82 Å². The molecule has 0 saturated carbocycles. The second-order valence-electron chi connectivity index (χ2n) is 3.78. The van der Waals surface area contributed by atoms with Crippen LogP contribution in [0.3, 0.4) is 0 Å². The smallest absolute Gasteiger partial charge is 0.335 e. The first-order valence-corrected chi connectivity index (χ1v) is 6.89. The number of hydrogen-bond donors (Lipinski definition) is 2. The van der Waals surface area contributed by atoms with Crippen LogP contribution in [0.5, 0.6) is 0 Å². The largest absolute Gasteiger partial charge is 0.478 e. The molecule has 0 aliphatic heterocycles. The Morgan fingerprint density at radius 3 is 2.68 bits per heavy atom. The molecule has 0 saturated heterocycles. The number of carbonyl (C=O) groups excluding carboxylic acids is 1. The lowest BCUT2D eigenvalue weighted by Gasteiger charge is -2.05. The SMILES string of the molecule is CNC(=O)CCCS(=O)c1cc(C(=O)O)ccc1F. The summed E-state index contributed by atoms with van der Waals surface area (Å²) in [5.41, 5.74) is -0.115. The minimum Gasteiger partial charge on any atom is -0.478 e. The molecule has 104 valence electrons. The first kappa shape index (κ1) is 15.3. The molecule has 0 fully saturated rings.